The SMILES string of the molecule is O=C1Nc2ccncc2NC12CCC2. The predicted molar refractivity (Wildman–Crippen MR) is 53.1 cm³/mol. The molecule has 1 aromatic heterocycles. The molecule has 2 heterocycles. The van der Waals surface area contributed by atoms with Gasteiger partial charge in [-0.3, -0.25) is 9.78 Å². The van der Waals surface area contributed by atoms with Crippen molar-refractivity contribution in [1.29, 1.82) is 0 Å². The lowest BCUT2D eigenvalue weighted by Gasteiger charge is -2.44. The van der Waals surface area contributed by atoms with Crippen LogP contribution >= 0.6 is 0 Å². The summed E-state index contributed by atoms with van der Waals surface area (Å²) >= 11 is 0. The van der Waals surface area contributed by atoms with Crippen LogP contribution in [0, 0.1) is 0 Å². The van der Waals surface area contributed by atoms with Gasteiger partial charge in [-0.2, -0.15) is 0 Å². The second-order valence-corrected chi connectivity index (χ2v) is 3.94. The highest BCUT2D eigenvalue weighted by Gasteiger charge is 2.46. The number of carbonyl (C=O) groups is 1. The van der Waals surface area contributed by atoms with E-state index in [1.165, 1.54) is 0 Å². The Morgan fingerprint density at radius 3 is 2.93 bits per heavy atom. The molecule has 1 aromatic rings. The van der Waals surface area contributed by atoms with Crippen LogP contribution in [0.4, 0.5) is 11.4 Å². The van der Waals surface area contributed by atoms with Gasteiger partial charge in [0.15, 0.2) is 0 Å². The van der Waals surface area contributed by atoms with E-state index in [9.17, 15) is 4.79 Å². The van der Waals surface area contributed by atoms with Crippen molar-refractivity contribution in [3.8, 4) is 0 Å². The van der Waals surface area contributed by atoms with Crippen molar-refractivity contribution in [2.24, 2.45) is 0 Å². The van der Waals surface area contributed by atoms with E-state index in [0.717, 1.165) is 30.6 Å². The minimum Gasteiger partial charge on any atom is -0.368 e. The predicted octanol–water partition coefficient (Wildman–Crippen LogP) is 1.37. The molecule has 0 radical (unpaired) electrons. The highest BCUT2D eigenvalue weighted by atomic mass is 16.2. The van der Waals surface area contributed by atoms with E-state index >= 15 is 0 Å². The van der Waals surface area contributed by atoms with Crippen molar-refractivity contribution in [1.82, 2.24) is 4.98 Å². The third kappa shape index (κ3) is 0.880. The summed E-state index contributed by atoms with van der Waals surface area (Å²) in [4.78, 5) is 15.8. The number of fused-ring (bicyclic) bond motifs is 1. The van der Waals surface area contributed by atoms with Crippen LogP contribution in [-0.2, 0) is 4.79 Å². The molecule has 1 saturated carbocycles. The Bertz CT molecular complexity index is 398. The lowest BCUT2D eigenvalue weighted by atomic mass is 9.75. The first-order valence-electron chi connectivity index (χ1n) is 4.84. The Labute approximate surface area is 81.7 Å². The lowest BCUT2D eigenvalue weighted by molar-refractivity contribution is -0.123. The second kappa shape index (κ2) is 2.47. The van der Waals surface area contributed by atoms with Gasteiger partial charge >= 0.3 is 0 Å². The highest BCUT2D eigenvalue weighted by Crippen LogP contribution is 2.41. The average Bonchev–Trinajstić information content (AvgIpc) is 2.14. The summed E-state index contributed by atoms with van der Waals surface area (Å²) in [6.45, 7) is 0. The number of pyridine rings is 1. The molecule has 4 heteroatoms. The maximum absolute atomic E-state index is 11.8. The Morgan fingerprint density at radius 1 is 1.36 bits per heavy atom. The number of rotatable bonds is 0. The molecule has 2 aliphatic rings. The van der Waals surface area contributed by atoms with E-state index in [4.69, 9.17) is 0 Å². The zero-order valence-corrected chi connectivity index (χ0v) is 7.71. The van der Waals surface area contributed by atoms with Crippen molar-refractivity contribution in [2.75, 3.05) is 10.6 Å². The van der Waals surface area contributed by atoms with Gasteiger partial charge in [0.1, 0.15) is 5.54 Å². The van der Waals surface area contributed by atoms with Crippen LogP contribution in [0.3, 0.4) is 0 Å². The van der Waals surface area contributed by atoms with Gasteiger partial charge in [-0.1, -0.05) is 0 Å². The third-order valence-corrected chi connectivity index (χ3v) is 3.08. The number of nitrogens with zero attached hydrogens (tertiary/aromatic N) is 1. The smallest absolute Gasteiger partial charge is 0.250 e. The fourth-order valence-electron chi connectivity index (χ4n) is 2.04. The summed E-state index contributed by atoms with van der Waals surface area (Å²) in [5.74, 6) is 0.0995. The Kier molecular flexibility index (Phi) is 1.37. The molecule has 2 N–H and O–H groups in total. The van der Waals surface area contributed by atoms with Gasteiger partial charge in [-0.05, 0) is 25.3 Å². The topological polar surface area (TPSA) is 54.0 Å². The molecule has 1 fully saturated rings. The molecular weight excluding hydrogens is 178 g/mol. The number of carbonyl (C=O) groups excluding carboxylic acids is 1. The molecule has 0 aromatic carbocycles. The summed E-state index contributed by atoms with van der Waals surface area (Å²) in [5.41, 5.74) is 1.44. The van der Waals surface area contributed by atoms with Crippen LogP contribution in [0.5, 0.6) is 0 Å². The van der Waals surface area contributed by atoms with E-state index in [0.29, 0.717) is 0 Å². The Hall–Kier alpha value is -1.58. The number of nitrogens with one attached hydrogen (secondary N) is 2. The van der Waals surface area contributed by atoms with E-state index in [1.54, 1.807) is 12.4 Å². The van der Waals surface area contributed by atoms with Crippen LogP contribution in [0.25, 0.3) is 0 Å². The molecular formula is C10H11N3O. The molecule has 14 heavy (non-hydrogen) atoms. The van der Waals surface area contributed by atoms with Gasteiger partial charge in [-0.15, -0.1) is 0 Å². The molecule has 72 valence electrons. The summed E-state index contributed by atoms with van der Waals surface area (Å²) < 4.78 is 0. The summed E-state index contributed by atoms with van der Waals surface area (Å²) in [6.07, 6.45) is 6.41. The van der Waals surface area contributed by atoms with Crippen molar-refractivity contribution in [3.63, 3.8) is 0 Å². The zero-order valence-electron chi connectivity index (χ0n) is 7.71. The van der Waals surface area contributed by atoms with Gasteiger partial charge in [-0.25, -0.2) is 0 Å². The Morgan fingerprint density at radius 2 is 2.21 bits per heavy atom. The molecule has 4 nitrogen and oxygen atoms in total. The van der Waals surface area contributed by atoms with Gasteiger partial charge in [0.25, 0.3) is 0 Å². The van der Waals surface area contributed by atoms with Crippen LogP contribution in [-0.4, -0.2) is 16.4 Å². The first-order valence-corrected chi connectivity index (χ1v) is 4.84. The minimum atomic E-state index is -0.337. The Balaban J connectivity index is 2.03. The number of anilines is 2. The molecule has 0 bridgehead atoms. The molecule has 0 atom stereocenters. The number of amides is 1. The lowest BCUT2D eigenvalue weighted by Crippen LogP contribution is -2.57. The quantitative estimate of drug-likeness (QED) is 0.648. The van der Waals surface area contributed by atoms with E-state index in [2.05, 4.69) is 15.6 Å². The molecule has 0 saturated heterocycles. The van der Waals surface area contributed by atoms with Crippen LogP contribution in [0.2, 0.25) is 0 Å². The number of aromatic nitrogens is 1. The molecule has 3 rings (SSSR count). The van der Waals surface area contributed by atoms with Gasteiger partial charge in [0, 0.05) is 6.20 Å². The minimum absolute atomic E-state index is 0.0995. The first kappa shape index (κ1) is 7.79. The van der Waals surface area contributed by atoms with Crippen molar-refractivity contribution in [2.45, 2.75) is 24.8 Å². The molecule has 0 unspecified atom stereocenters. The monoisotopic (exact) mass is 189 g/mol. The highest BCUT2D eigenvalue weighted by molar-refractivity contribution is 6.06. The summed E-state index contributed by atoms with van der Waals surface area (Å²) in [7, 11) is 0. The van der Waals surface area contributed by atoms with E-state index in [1.807, 2.05) is 6.07 Å². The maximum Gasteiger partial charge on any atom is 0.250 e. The third-order valence-electron chi connectivity index (χ3n) is 3.08. The van der Waals surface area contributed by atoms with E-state index in [-0.39, 0.29) is 11.4 Å². The van der Waals surface area contributed by atoms with Gasteiger partial charge < -0.3 is 10.6 Å². The zero-order chi connectivity index (χ0) is 9.60. The van der Waals surface area contributed by atoms with Crippen molar-refractivity contribution >= 4 is 17.3 Å². The maximum atomic E-state index is 11.8. The van der Waals surface area contributed by atoms with Gasteiger partial charge in [0.05, 0.1) is 17.6 Å². The van der Waals surface area contributed by atoms with E-state index < -0.39 is 0 Å². The standard InChI is InChI=1S/C10H11N3O/c14-9-10(3-1-4-10)13-8-6-11-5-2-7(8)12-9/h2,5-6,13H,1,3-4H2,(H,12,14). The molecule has 1 amide bonds. The van der Waals surface area contributed by atoms with Gasteiger partial charge in [0.2, 0.25) is 5.91 Å². The van der Waals surface area contributed by atoms with Crippen LogP contribution in [0.1, 0.15) is 19.3 Å². The van der Waals surface area contributed by atoms with Crippen LogP contribution < -0.4 is 10.6 Å². The summed E-state index contributed by atoms with van der Waals surface area (Å²) in [6, 6.07) is 1.81. The number of hydrogen-bond acceptors (Lipinski definition) is 3. The average molecular weight is 189 g/mol. The molecule has 1 aliphatic heterocycles. The number of hydrogen-bond donors (Lipinski definition) is 2. The largest absolute Gasteiger partial charge is 0.368 e. The van der Waals surface area contributed by atoms with Crippen molar-refractivity contribution < 1.29 is 4.79 Å². The normalized spacial score (nSPS) is 21.9. The summed E-state index contributed by atoms with van der Waals surface area (Å²) in [5, 5.41) is 6.20. The second-order valence-electron chi connectivity index (χ2n) is 3.94. The fourth-order valence-corrected chi connectivity index (χ4v) is 2.04. The molecule has 1 spiro atoms. The first-order chi connectivity index (χ1) is 6.80. The van der Waals surface area contributed by atoms with Crippen LogP contribution in [0.15, 0.2) is 18.5 Å². The van der Waals surface area contributed by atoms with Crippen molar-refractivity contribution in [3.05, 3.63) is 18.5 Å². The molecule has 1 aliphatic carbocycles. The fraction of sp³-hybridized carbons (Fsp3) is 0.400.